The van der Waals surface area contributed by atoms with Crippen molar-refractivity contribution in [2.75, 3.05) is 14.2 Å². The van der Waals surface area contributed by atoms with Gasteiger partial charge in [0.1, 0.15) is 12.7 Å². The van der Waals surface area contributed by atoms with Crippen molar-refractivity contribution in [1.82, 2.24) is 14.8 Å². The van der Waals surface area contributed by atoms with Gasteiger partial charge in [0.15, 0.2) is 17.3 Å². The third kappa shape index (κ3) is 4.07. The summed E-state index contributed by atoms with van der Waals surface area (Å²) in [6.07, 6.45) is 12.1. The van der Waals surface area contributed by atoms with E-state index in [1.165, 1.54) is 6.33 Å². The lowest BCUT2D eigenvalue weighted by molar-refractivity contribution is -0.113. The highest BCUT2D eigenvalue weighted by Gasteiger charge is 2.27. The van der Waals surface area contributed by atoms with E-state index in [1.807, 2.05) is 37.1 Å². The Kier molecular flexibility index (Phi) is 5.48. The van der Waals surface area contributed by atoms with Crippen LogP contribution >= 0.6 is 0 Å². The van der Waals surface area contributed by atoms with Crippen molar-refractivity contribution in [2.45, 2.75) is 6.54 Å². The van der Waals surface area contributed by atoms with Crippen LogP contribution < -0.4 is 9.47 Å². The van der Waals surface area contributed by atoms with Gasteiger partial charge in [-0.2, -0.15) is 5.10 Å². The van der Waals surface area contributed by atoms with Crippen LogP contribution in [0.3, 0.4) is 0 Å². The average Bonchev–Trinajstić information content (AvgIpc) is 3.34. The Morgan fingerprint density at radius 3 is 2.56 bits per heavy atom. The monoisotopic (exact) mass is 336 g/mol. The maximum absolute atomic E-state index is 12.8. The predicted octanol–water partition coefficient (Wildman–Crippen LogP) is 2.35. The molecule has 127 valence electrons. The summed E-state index contributed by atoms with van der Waals surface area (Å²) in [6.45, 7) is 0.332. The molecule has 0 bridgehead atoms. The maximum Gasteiger partial charge on any atom is 0.168 e. The fourth-order valence-corrected chi connectivity index (χ4v) is 2.53. The number of hydrogen-bond acceptors (Lipinski definition) is 5. The van der Waals surface area contributed by atoms with E-state index >= 15 is 0 Å². The molecular weight excluding hydrogens is 318 g/mol. The van der Waals surface area contributed by atoms with Gasteiger partial charge >= 0.3 is 0 Å². The molecule has 1 heterocycles. The van der Waals surface area contributed by atoms with E-state index < -0.39 is 0 Å². The fourth-order valence-electron chi connectivity index (χ4n) is 2.53. The smallest absolute Gasteiger partial charge is 0.168 e. The van der Waals surface area contributed by atoms with Gasteiger partial charge in [0, 0.05) is 5.57 Å². The predicted molar refractivity (Wildman–Crippen MR) is 93.0 cm³/mol. The highest BCUT2D eigenvalue weighted by Crippen LogP contribution is 2.30. The minimum atomic E-state index is -0.0460. The second kappa shape index (κ2) is 7.96. The Bertz CT molecular complexity index is 747. The zero-order chi connectivity index (χ0) is 17.6. The van der Waals surface area contributed by atoms with Gasteiger partial charge in [0.2, 0.25) is 0 Å². The summed E-state index contributed by atoms with van der Waals surface area (Å²) in [7, 11) is 3.17. The zero-order valence-corrected chi connectivity index (χ0v) is 14.0. The number of hydrogen-bond donors (Lipinski definition) is 0. The van der Waals surface area contributed by atoms with Crippen molar-refractivity contribution in [3.63, 3.8) is 0 Å². The van der Waals surface area contributed by atoms with Gasteiger partial charge in [-0.3, -0.25) is 4.79 Å². The number of ether oxygens (including phenoxy) is 2. The molecule has 1 aromatic carbocycles. The summed E-state index contributed by atoms with van der Waals surface area (Å²) in [6, 6.07) is 5.52. The van der Waals surface area contributed by atoms with Crippen molar-refractivity contribution < 1.29 is 14.3 Å². The Balaban J connectivity index is 1.92. The molecule has 2 aromatic rings. The van der Waals surface area contributed by atoms with Crippen molar-refractivity contribution in [1.29, 1.82) is 0 Å². The van der Waals surface area contributed by atoms with Crippen LogP contribution in [0.1, 0.15) is 5.56 Å². The number of nitrogens with zero attached hydrogens (tertiary/aromatic N) is 3. The Labute approximate surface area is 147 Å². The van der Waals surface area contributed by atoms with Crippen molar-refractivity contribution in [3.05, 3.63) is 73.6 Å². The van der Waals surface area contributed by atoms with Gasteiger partial charge in [-0.15, -0.1) is 0 Å². The number of methoxy groups -OCH3 is 2. The number of carbonyl (C=O) groups excluding carboxylic acids is 1. The topological polar surface area (TPSA) is 66.2 Å². The first-order chi connectivity index (χ1) is 12.2. The normalized spacial score (nSPS) is 15.4. The summed E-state index contributed by atoms with van der Waals surface area (Å²) in [5, 5.41) is 4.09. The first-order valence-corrected chi connectivity index (χ1v) is 7.72. The summed E-state index contributed by atoms with van der Waals surface area (Å²) in [5.41, 5.74) is 1.44. The van der Waals surface area contributed by atoms with Crippen LogP contribution in [-0.4, -0.2) is 34.8 Å². The summed E-state index contributed by atoms with van der Waals surface area (Å²) in [4.78, 5) is 16.8. The number of aromatic nitrogens is 3. The van der Waals surface area contributed by atoms with Gasteiger partial charge in [-0.1, -0.05) is 6.07 Å². The Hall–Kier alpha value is -2.63. The lowest BCUT2D eigenvalue weighted by Crippen LogP contribution is -2.17. The SMILES string of the molecule is COc1ccc(/C=C(\Cn2cncn2)C(=O)[C]2[CH][CH][CH][CH]2)cc1OC. The number of benzene rings is 1. The molecule has 3 rings (SSSR count). The molecule has 1 aliphatic rings. The standard InChI is InChI=1S/C19H18N3O3/c1-24-17-8-7-14(10-18(17)25-2)9-16(11-22-13-20-12-21-22)19(23)15-5-3-4-6-15/h3-10,12-13H,11H2,1-2H3/b16-9+. The minimum absolute atomic E-state index is 0.0460. The number of rotatable bonds is 7. The second-order valence-electron chi connectivity index (χ2n) is 5.38. The van der Waals surface area contributed by atoms with Gasteiger partial charge in [0.25, 0.3) is 0 Å². The van der Waals surface area contributed by atoms with Crippen molar-refractivity contribution >= 4 is 11.9 Å². The average molecular weight is 336 g/mol. The van der Waals surface area contributed by atoms with Crippen LogP contribution in [0.15, 0.2) is 36.4 Å². The van der Waals surface area contributed by atoms with Gasteiger partial charge in [0.05, 0.1) is 26.7 Å². The molecule has 0 aliphatic heterocycles. The van der Waals surface area contributed by atoms with E-state index in [0.717, 1.165) is 5.56 Å². The number of carbonyl (C=O) groups is 1. The molecule has 0 N–H and O–H groups in total. The van der Waals surface area contributed by atoms with Crippen molar-refractivity contribution in [3.8, 4) is 11.5 Å². The van der Waals surface area contributed by atoms with Crippen LogP contribution in [0.25, 0.3) is 6.08 Å². The van der Waals surface area contributed by atoms with Gasteiger partial charge in [-0.05, 0) is 49.5 Å². The Morgan fingerprint density at radius 1 is 1.16 bits per heavy atom. The first-order valence-electron chi connectivity index (χ1n) is 7.72. The molecule has 6 nitrogen and oxygen atoms in total. The Morgan fingerprint density at radius 2 is 1.92 bits per heavy atom. The molecule has 6 heteroatoms. The number of Topliss-reactive ketones (excluding diaryl/α,β-unsaturated/α-hetero) is 1. The third-order valence-electron chi connectivity index (χ3n) is 3.76. The molecule has 0 spiro atoms. The van der Waals surface area contributed by atoms with Crippen LogP contribution in [0.4, 0.5) is 0 Å². The molecule has 1 aliphatic carbocycles. The van der Waals surface area contributed by atoms with E-state index in [0.29, 0.717) is 29.5 Å². The van der Waals surface area contributed by atoms with E-state index in [1.54, 1.807) is 38.1 Å². The van der Waals surface area contributed by atoms with E-state index in [4.69, 9.17) is 9.47 Å². The van der Waals surface area contributed by atoms with Crippen LogP contribution in [0.5, 0.6) is 11.5 Å². The van der Waals surface area contributed by atoms with E-state index in [-0.39, 0.29) is 5.78 Å². The largest absolute Gasteiger partial charge is 0.493 e. The van der Waals surface area contributed by atoms with E-state index in [2.05, 4.69) is 10.1 Å². The highest BCUT2D eigenvalue weighted by atomic mass is 16.5. The molecule has 0 saturated heterocycles. The zero-order valence-electron chi connectivity index (χ0n) is 14.0. The second-order valence-corrected chi connectivity index (χ2v) is 5.38. The maximum atomic E-state index is 12.8. The molecule has 25 heavy (non-hydrogen) atoms. The minimum Gasteiger partial charge on any atom is -0.493 e. The van der Waals surface area contributed by atoms with E-state index in [9.17, 15) is 4.79 Å². The van der Waals surface area contributed by atoms with Gasteiger partial charge in [-0.25, -0.2) is 9.67 Å². The number of allylic oxidation sites excluding steroid dienone is 1. The molecule has 1 aromatic heterocycles. The highest BCUT2D eigenvalue weighted by molar-refractivity contribution is 6.11. The van der Waals surface area contributed by atoms with Gasteiger partial charge < -0.3 is 9.47 Å². The fraction of sp³-hybridized carbons (Fsp3) is 0.158. The third-order valence-corrected chi connectivity index (χ3v) is 3.76. The van der Waals surface area contributed by atoms with Crippen molar-refractivity contribution in [2.24, 2.45) is 0 Å². The molecule has 0 unspecified atom stereocenters. The summed E-state index contributed by atoms with van der Waals surface area (Å²) in [5.74, 6) is 1.85. The molecule has 0 amide bonds. The molecule has 0 atom stereocenters. The molecule has 1 saturated carbocycles. The lowest BCUT2D eigenvalue weighted by Gasteiger charge is -2.12. The molecular formula is C19H18N3O3. The molecule has 5 radical (unpaired) electrons. The summed E-state index contributed by atoms with van der Waals surface area (Å²) < 4.78 is 12.2. The van der Waals surface area contributed by atoms with Crippen LogP contribution in [0, 0.1) is 31.6 Å². The number of ketones is 1. The molecule has 1 fully saturated rings. The summed E-state index contributed by atoms with van der Waals surface area (Å²) >= 11 is 0. The lowest BCUT2D eigenvalue weighted by atomic mass is 9.94. The quantitative estimate of drug-likeness (QED) is 0.726. The van der Waals surface area contributed by atoms with Crippen LogP contribution in [0.2, 0.25) is 0 Å². The van der Waals surface area contributed by atoms with Crippen LogP contribution in [-0.2, 0) is 11.3 Å². The first kappa shape index (κ1) is 17.2.